The molecule has 0 spiro atoms. The molecule has 0 bridgehead atoms. The van der Waals surface area contributed by atoms with E-state index in [9.17, 15) is 9.18 Å². The summed E-state index contributed by atoms with van der Waals surface area (Å²) in [5, 5.41) is 0.0747. The zero-order valence-electron chi connectivity index (χ0n) is 8.38. The Morgan fingerprint density at radius 3 is 2.73 bits per heavy atom. The highest BCUT2D eigenvalue weighted by molar-refractivity contribution is 7.97. The smallest absolute Gasteiger partial charge is 0.141 e. The van der Waals surface area contributed by atoms with Crippen LogP contribution < -0.4 is 4.72 Å². The van der Waals surface area contributed by atoms with Gasteiger partial charge in [-0.05, 0) is 44.0 Å². The van der Waals surface area contributed by atoms with Gasteiger partial charge in [-0.1, -0.05) is 11.6 Å². The van der Waals surface area contributed by atoms with Crippen LogP contribution in [0.25, 0.3) is 0 Å². The molecule has 1 rings (SSSR count). The summed E-state index contributed by atoms with van der Waals surface area (Å²) in [7, 11) is 0. The molecule has 0 unspecified atom stereocenters. The van der Waals surface area contributed by atoms with Crippen LogP contribution in [0.15, 0.2) is 23.1 Å². The minimum Gasteiger partial charge on any atom is -0.301 e. The lowest BCUT2D eigenvalue weighted by atomic mass is 10.1. The number of aldehydes is 1. The maximum Gasteiger partial charge on any atom is 0.141 e. The molecule has 2 nitrogen and oxygen atoms in total. The zero-order chi connectivity index (χ0) is 11.5. The van der Waals surface area contributed by atoms with E-state index >= 15 is 0 Å². The van der Waals surface area contributed by atoms with Crippen molar-refractivity contribution in [2.75, 3.05) is 0 Å². The Balaban J connectivity index is 2.66. The normalized spacial score (nSPS) is 11.5. The van der Waals surface area contributed by atoms with Crippen LogP contribution in [0.4, 0.5) is 4.39 Å². The van der Waals surface area contributed by atoms with E-state index in [1.165, 1.54) is 24.1 Å². The maximum absolute atomic E-state index is 12.8. The highest BCUT2D eigenvalue weighted by Crippen LogP contribution is 2.23. The van der Waals surface area contributed by atoms with Crippen LogP contribution >= 0.6 is 23.5 Å². The third-order valence-corrected chi connectivity index (χ3v) is 3.03. The van der Waals surface area contributed by atoms with Crippen molar-refractivity contribution in [1.82, 2.24) is 4.72 Å². The number of carbonyl (C=O) groups is 1. The van der Waals surface area contributed by atoms with Gasteiger partial charge in [0.25, 0.3) is 0 Å². The van der Waals surface area contributed by atoms with Crippen molar-refractivity contribution >= 4 is 29.8 Å². The third-order valence-electron chi connectivity index (χ3n) is 1.62. The fourth-order valence-electron chi connectivity index (χ4n) is 0.755. The van der Waals surface area contributed by atoms with Crippen LogP contribution in [0.5, 0.6) is 0 Å². The van der Waals surface area contributed by atoms with Crippen molar-refractivity contribution in [2.24, 2.45) is 0 Å². The molecule has 0 radical (unpaired) electrons. The highest BCUT2D eigenvalue weighted by Gasteiger charge is 2.15. The number of carbonyl (C=O) groups excluding carboxylic acids is 1. The lowest BCUT2D eigenvalue weighted by Crippen LogP contribution is -2.35. The van der Waals surface area contributed by atoms with E-state index in [1.807, 2.05) is 0 Å². The van der Waals surface area contributed by atoms with Gasteiger partial charge in [0.2, 0.25) is 0 Å². The van der Waals surface area contributed by atoms with Crippen LogP contribution in [0, 0.1) is 5.82 Å². The van der Waals surface area contributed by atoms with E-state index < -0.39 is 11.4 Å². The Bertz CT molecular complexity index is 370. The van der Waals surface area contributed by atoms with E-state index in [-0.39, 0.29) is 5.02 Å². The molecule has 0 saturated heterocycles. The Morgan fingerprint density at radius 1 is 1.53 bits per heavy atom. The summed E-state index contributed by atoms with van der Waals surface area (Å²) in [6.45, 7) is 3.50. The highest BCUT2D eigenvalue weighted by atomic mass is 35.5. The summed E-state index contributed by atoms with van der Waals surface area (Å²) in [4.78, 5) is 11.4. The molecule has 0 atom stereocenters. The topological polar surface area (TPSA) is 29.1 Å². The van der Waals surface area contributed by atoms with Crippen LogP contribution in [0.3, 0.4) is 0 Å². The standard InChI is InChI=1S/C10H11ClFNOS/c1-10(2,6-14)13-15-7-3-4-9(12)8(11)5-7/h3-6,13H,1-2H3. The number of hydrogen-bond acceptors (Lipinski definition) is 3. The van der Waals surface area contributed by atoms with E-state index in [0.29, 0.717) is 0 Å². The lowest BCUT2D eigenvalue weighted by molar-refractivity contribution is -0.111. The predicted octanol–water partition coefficient (Wildman–Crippen LogP) is 3.05. The van der Waals surface area contributed by atoms with Gasteiger partial charge in [-0.25, -0.2) is 9.11 Å². The van der Waals surface area contributed by atoms with Crippen LogP contribution in [0.2, 0.25) is 5.02 Å². The summed E-state index contributed by atoms with van der Waals surface area (Å²) in [6, 6.07) is 4.40. The van der Waals surface area contributed by atoms with E-state index in [1.54, 1.807) is 19.9 Å². The van der Waals surface area contributed by atoms with Gasteiger partial charge >= 0.3 is 0 Å². The fourth-order valence-corrected chi connectivity index (χ4v) is 1.74. The second-order valence-corrected chi connectivity index (χ2v) is 4.91. The van der Waals surface area contributed by atoms with Crippen molar-refractivity contribution in [3.05, 3.63) is 29.0 Å². The van der Waals surface area contributed by atoms with Gasteiger partial charge in [0, 0.05) is 4.90 Å². The van der Waals surface area contributed by atoms with Gasteiger partial charge in [-0.3, -0.25) is 0 Å². The third kappa shape index (κ3) is 3.81. The Kier molecular flexibility index (Phi) is 4.13. The Morgan fingerprint density at radius 2 is 2.20 bits per heavy atom. The largest absolute Gasteiger partial charge is 0.301 e. The van der Waals surface area contributed by atoms with Gasteiger partial charge < -0.3 is 4.79 Å². The molecule has 0 aromatic heterocycles. The molecule has 1 N–H and O–H groups in total. The first-order chi connectivity index (χ1) is 6.94. The van der Waals surface area contributed by atoms with Crippen molar-refractivity contribution in [2.45, 2.75) is 24.3 Å². The summed E-state index contributed by atoms with van der Waals surface area (Å²) in [5.41, 5.74) is -0.620. The molecule has 1 aromatic rings. The van der Waals surface area contributed by atoms with Gasteiger partial charge in [-0.15, -0.1) is 0 Å². The molecule has 0 amide bonds. The summed E-state index contributed by atoms with van der Waals surface area (Å²) >= 11 is 6.85. The Labute approximate surface area is 97.3 Å². The first-order valence-electron chi connectivity index (χ1n) is 4.30. The van der Waals surface area contributed by atoms with Gasteiger partial charge in [0.1, 0.15) is 12.1 Å². The number of nitrogens with one attached hydrogen (secondary N) is 1. The van der Waals surface area contributed by atoms with E-state index in [4.69, 9.17) is 11.6 Å². The quantitative estimate of drug-likeness (QED) is 0.655. The molecule has 0 saturated carbocycles. The van der Waals surface area contributed by atoms with Crippen LogP contribution in [-0.4, -0.2) is 11.8 Å². The first-order valence-corrected chi connectivity index (χ1v) is 5.49. The van der Waals surface area contributed by atoms with E-state index in [0.717, 1.165) is 11.2 Å². The minimum absolute atomic E-state index is 0.0747. The van der Waals surface area contributed by atoms with Crippen molar-refractivity contribution in [1.29, 1.82) is 0 Å². The average Bonchev–Trinajstić information content (AvgIpc) is 2.20. The monoisotopic (exact) mass is 247 g/mol. The van der Waals surface area contributed by atoms with Crippen LogP contribution in [0.1, 0.15) is 13.8 Å². The van der Waals surface area contributed by atoms with Crippen molar-refractivity contribution < 1.29 is 9.18 Å². The summed E-state index contributed by atoms with van der Waals surface area (Å²) in [5.74, 6) is -0.448. The lowest BCUT2D eigenvalue weighted by Gasteiger charge is -2.17. The molecule has 0 aliphatic heterocycles. The number of benzene rings is 1. The van der Waals surface area contributed by atoms with Crippen LogP contribution in [-0.2, 0) is 4.79 Å². The molecule has 5 heteroatoms. The SMILES string of the molecule is CC(C)(C=O)NSc1ccc(F)c(Cl)c1. The second kappa shape index (κ2) is 4.96. The van der Waals surface area contributed by atoms with Gasteiger partial charge in [0.05, 0.1) is 10.6 Å². The number of halogens is 2. The van der Waals surface area contributed by atoms with E-state index in [2.05, 4.69) is 4.72 Å². The van der Waals surface area contributed by atoms with Crippen molar-refractivity contribution in [3.63, 3.8) is 0 Å². The average molecular weight is 248 g/mol. The first kappa shape index (κ1) is 12.5. The molecule has 1 aromatic carbocycles. The number of rotatable bonds is 4. The summed E-state index contributed by atoms with van der Waals surface area (Å²) < 4.78 is 15.8. The van der Waals surface area contributed by atoms with Gasteiger partial charge in [0.15, 0.2) is 0 Å². The minimum atomic E-state index is -0.620. The molecule has 0 aliphatic carbocycles. The molecule has 0 fully saturated rings. The zero-order valence-corrected chi connectivity index (χ0v) is 9.95. The maximum atomic E-state index is 12.8. The fraction of sp³-hybridized carbons (Fsp3) is 0.300. The molecular formula is C10H11ClFNOS. The molecule has 0 heterocycles. The molecule has 82 valence electrons. The Hall–Kier alpha value is -0.580. The van der Waals surface area contributed by atoms with Crippen molar-refractivity contribution in [3.8, 4) is 0 Å². The molecule has 15 heavy (non-hydrogen) atoms. The molecular weight excluding hydrogens is 237 g/mol. The second-order valence-electron chi connectivity index (χ2n) is 3.62. The van der Waals surface area contributed by atoms with Gasteiger partial charge in [-0.2, -0.15) is 0 Å². The summed E-state index contributed by atoms with van der Waals surface area (Å²) in [6.07, 6.45) is 0.811. The predicted molar refractivity (Wildman–Crippen MR) is 60.5 cm³/mol. The molecule has 0 aliphatic rings. The number of hydrogen-bond donors (Lipinski definition) is 1.